The molecule has 1 saturated heterocycles. The first-order chi connectivity index (χ1) is 9.91. The number of rotatable bonds is 4. The Morgan fingerprint density at radius 2 is 1.95 bits per heavy atom. The first kappa shape index (κ1) is 15.0. The molecule has 4 nitrogen and oxygen atoms in total. The second-order valence-corrected chi connectivity index (χ2v) is 7.39. The SMILES string of the molecule is COC(=O)C12CCC(/C=C/CC3(C)OCCO3)C(C)(C1)C2. The van der Waals surface area contributed by atoms with Crippen molar-refractivity contribution in [3.8, 4) is 0 Å². The normalized spacial score (nSPS) is 41.0. The summed E-state index contributed by atoms with van der Waals surface area (Å²) in [6.07, 6.45) is 9.26. The molecule has 0 aromatic rings. The molecule has 3 saturated carbocycles. The van der Waals surface area contributed by atoms with E-state index in [1.165, 1.54) is 7.11 Å². The molecule has 118 valence electrons. The third kappa shape index (κ3) is 2.53. The maximum Gasteiger partial charge on any atom is 0.311 e. The van der Waals surface area contributed by atoms with Gasteiger partial charge in [-0.1, -0.05) is 19.1 Å². The molecule has 4 aliphatic rings. The zero-order valence-electron chi connectivity index (χ0n) is 13.3. The number of esters is 1. The average Bonchev–Trinajstić information content (AvgIpc) is 2.85. The summed E-state index contributed by atoms with van der Waals surface area (Å²) >= 11 is 0. The lowest BCUT2D eigenvalue weighted by Gasteiger charge is -2.60. The van der Waals surface area contributed by atoms with Gasteiger partial charge in [-0.25, -0.2) is 0 Å². The van der Waals surface area contributed by atoms with Crippen LogP contribution in [0.15, 0.2) is 12.2 Å². The lowest BCUT2D eigenvalue weighted by Crippen LogP contribution is -2.57. The van der Waals surface area contributed by atoms with E-state index in [0.29, 0.717) is 19.1 Å². The number of hydrogen-bond donors (Lipinski definition) is 0. The fraction of sp³-hybridized carbons (Fsp3) is 0.824. The van der Waals surface area contributed by atoms with Crippen LogP contribution in [0, 0.1) is 16.7 Å². The van der Waals surface area contributed by atoms with E-state index in [-0.39, 0.29) is 16.8 Å². The Kier molecular flexibility index (Phi) is 3.65. The minimum Gasteiger partial charge on any atom is -0.469 e. The molecule has 1 atom stereocenters. The monoisotopic (exact) mass is 294 g/mol. The van der Waals surface area contributed by atoms with Crippen LogP contribution in [0.3, 0.4) is 0 Å². The molecule has 0 N–H and O–H groups in total. The molecular weight excluding hydrogens is 268 g/mol. The van der Waals surface area contributed by atoms with E-state index < -0.39 is 5.79 Å². The van der Waals surface area contributed by atoms with Crippen LogP contribution >= 0.6 is 0 Å². The molecule has 0 spiro atoms. The van der Waals surface area contributed by atoms with Crippen molar-refractivity contribution in [1.29, 1.82) is 0 Å². The molecule has 0 aromatic carbocycles. The first-order valence-corrected chi connectivity index (χ1v) is 7.95. The molecule has 0 aromatic heterocycles. The highest BCUT2D eigenvalue weighted by molar-refractivity contribution is 5.78. The van der Waals surface area contributed by atoms with Crippen molar-refractivity contribution < 1.29 is 19.0 Å². The summed E-state index contributed by atoms with van der Waals surface area (Å²) in [5.41, 5.74) is 0.0682. The summed E-state index contributed by atoms with van der Waals surface area (Å²) in [5, 5.41) is 0. The second kappa shape index (κ2) is 5.10. The van der Waals surface area contributed by atoms with Gasteiger partial charge in [0.25, 0.3) is 0 Å². The van der Waals surface area contributed by atoms with Crippen LogP contribution < -0.4 is 0 Å². The molecule has 4 heteroatoms. The van der Waals surface area contributed by atoms with Crippen LogP contribution in [-0.2, 0) is 19.0 Å². The quantitative estimate of drug-likeness (QED) is 0.590. The predicted molar refractivity (Wildman–Crippen MR) is 78.6 cm³/mol. The smallest absolute Gasteiger partial charge is 0.311 e. The van der Waals surface area contributed by atoms with Gasteiger partial charge in [-0.3, -0.25) is 4.79 Å². The zero-order chi connectivity index (χ0) is 15.1. The highest BCUT2D eigenvalue weighted by atomic mass is 16.7. The summed E-state index contributed by atoms with van der Waals surface area (Å²) in [4.78, 5) is 11.9. The number of hydrogen-bond acceptors (Lipinski definition) is 4. The van der Waals surface area contributed by atoms with Crippen molar-refractivity contribution in [2.45, 2.75) is 51.7 Å². The molecule has 3 aliphatic carbocycles. The van der Waals surface area contributed by atoms with E-state index in [0.717, 1.165) is 32.1 Å². The van der Waals surface area contributed by atoms with Crippen molar-refractivity contribution in [1.82, 2.24) is 0 Å². The van der Waals surface area contributed by atoms with Crippen LogP contribution in [0.1, 0.15) is 46.0 Å². The predicted octanol–water partition coefficient (Wildman–Crippen LogP) is 3.07. The van der Waals surface area contributed by atoms with Gasteiger partial charge in [0.05, 0.1) is 25.7 Å². The Bertz CT molecular complexity index is 442. The topological polar surface area (TPSA) is 44.8 Å². The number of methoxy groups -OCH3 is 1. The number of carbonyl (C=O) groups is 1. The summed E-state index contributed by atoms with van der Waals surface area (Å²) < 4.78 is 16.2. The van der Waals surface area contributed by atoms with E-state index >= 15 is 0 Å². The number of allylic oxidation sites excluding steroid dienone is 1. The van der Waals surface area contributed by atoms with Gasteiger partial charge in [0, 0.05) is 6.42 Å². The summed E-state index contributed by atoms with van der Waals surface area (Å²) in [5.74, 6) is 0.0956. The van der Waals surface area contributed by atoms with Gasteiger partial charge in [-0.2, -0.15) is 0 Å². The summed E-state index contributed by atoms with van der Waals surface area (Å²) in [6, 6.07) is 0. The van der Waals surface area contributed by atoms with Gasteiger partial charge < -0.3 is 14.2 Å². The molecule has 1 aliphatic heterocycles. The van der Waals surface area contributed by atoms with Gasteiger partial charge in [0.1, 0.15) is 0 Å². The third-order valence-corrected chi connectivity index (χ3v) is 5.69. The fourth-order valence-corrected chi connectivity index (χ4v) is 4.63. The van der Waals surface area contributed by atoms with Crippen LogP contribution in [0.2, 0.25) is 0 Å². The first-order valence-electron chi connectivity index (χ1n) is 7.95. The Hall–Kier alpha value is -0.870. The van der Waals surface area contributed by atoms with Crippen molar-refractivity contribution in [3.05, 3.63) is 12.2 Å². The van der Waals surface area contributed by atoms with Crippen LogP contribution in [0.5, 0.6) is 0 Å². The fourth-order valence-electron chi connectivity index (χ4n) is 4.63. The minimum absolute atomic E-state index is 0.0114. The van der Waals surface area contributed by atoms with Gasteiger partial charge in [0.15, 0.2) is 5.79 Å². The van der Waals surface area contributed by atoms with E-state index in [9.17, 15) is 4.79 Å². The Morgan fingerprint density at radius 3 is 2.52 bits per heavy atom. The molecular formula is C17H26O4. The number of ether oxygens (including phenoxy) is 3. The molecule has 1 unspecified atom stereocenters. The summed E-state index contributed by atoms with van der Waals surface area (Å²) in [7, 11) is 1.50. The van der Waals surface area contributed by atoms with Crippen LogP contribution in [0.25, 0.3) is 0 Å². The van der Waals surface area contributed by atoms with E-state index in [1.807, 2.05) is 6.92 Å². The van der Waals surface area contributed by atoms with Crippen molar-refractivity contribution in [2.75, 3.05) is 20.3 Å². The van der Waals surface area contributed by atoms with Crippen molar-refractivity contribution in [2.24, 2.45) is 16.7 Å². The largest absolute Gasteiger partial charge is 0.469 e. The number of carbonyl (C=O) groups excluding carboxylic acids is 1. The molecule has 21 heavy (non-hydrogen) atoms. The van der Waals surface area contributed by atoms with Crippen molar-refractivity contribution >= 4 is 5.97 Å². The minimum atomic E-state index is -0.443. The molecule has 0 amide bonds. The van der Waals surface area contributed by atoms with Gasteiger partial charge >= 0.3 is 5.97 Å². The van der Waals surface area contributed by atoms with E-state index in [4.69, 9.17) is 14.2 Å². The highest BCUT2D eigenvalue weighted by Crippen LogP contribution is 2.66. The van der Waals surface area contributed by atoms with Gasteiger partial charge in [-0.15, -0.1) is 0 Å². The Balaban J connectivity index is 1.58. The molecule has 4 fully saturated rings. The molecule has 0 radical (unpaired) electrons. The molecule has 1 heterocycles. The van der Waals surface area contributed by atoms with Gasteiger partial charge in [-0.05, 0) is 43.9 Å². The standard InChI is InChI=1S/C17H26O4/c1-15-11-17(12-15,14(18)19-3)8-6-13(15)5-4-7-16(2)20-9-10-21-16/h4-5,13H,6-12H2,1-3H3/b5-4+. The third-order valence-electron chi connectivity index (χ3n) is 5.69. The van der Waals surface area contributed by atoms with Crippen LogP contribution in [-0.4, -0.2) is 32.1 Å². The van der Waals surface area contributed by atoms with Crippen molar-refractivity contribution in [3.63, 3.8) is 0 Å². The Labute approximate surface area is 126 Å². The lowest BCUT2D eigenvalue weighted by molar-refractivity contribution is -0.183. The lowest BCUT2D eigenvalue weighted by atomic mass is 9.43. The number of fused-ring (bicyclic) bond motifs is 2. The van der Waals surface area contributed by atoms with Gasteiger partial charge in [0.2, 0.25) is 0 Å². The zero-order valence-corrected chi connectivity index (χ0v) is 13.3. The van der Waals surface area contributed by atoms with E-state index in [1.54, 1.807) is 0 Å². The highest BCUT2D eigenvalue weighted by Gasteiger charge is 2.62. The Morgan fingerprint density at radius 1 is 1.29 bits per heavy atom. The second-order valence-electron chi connectivity index (χ2n) is 7.39. The maximum absolute atomic E-state index is 11.9. The maximum atomic E-state index is 11.9. The van der Waals surface area contributed by atoms with Crippen LogP contribution in [0.4, 0.5) is 0 Å². The average molecular weight is 294 g/mol. The molecule has 2 bridgehead atoms. The van der Waals surface area contributed by atoms with E-state index in [2.05, 4.69) is 19.1 Å². The summed E-state index contributed by atoms with van der Waals surface area (Å²) in [6.45, 7) is 5.67. The molecule has 4 rings (SSSR count).